The molecular weight excluding hydrogens is 294 g/mol. The highest BCUT2D eigenvalue weighted by Gasteiger charge is 2.22. The van der Waals surface area contributed by atoms with Crippen LogP contribution in [0.2, 0.25) is 0 Å². The molecule has 0 unspecified atom stereocenters. The number of hydrogen-bond acceptors (Lipinski definition) is 5. The molecule has 0 saturated carbocycles. The summed E-state index contributed by atoms with van der Waals surface area (Å²) >= 11 is 0. The summed E-state index contributed by atoms with van der Waals surface area (Å²) in [6.07, 6.45) is 1.30. The fourth-order valence-electron chi connectivity index (χ4n) is 1.98. The van der Waals surface area contributed by atoms with Gasteiger partial charge < -0.3 is 5.11 Å². The third-order valence-corrected chi connectivity index (χ3v) is 4.83. The van der Waals surface area contributed by atoms with Crippen LogP contribution in [0.5, 0.6) is 0 Å². The monoisotopic (exact) mass is 309 g/mol. The first-order valence-corrected chi connectivity index (χ1v) is 7.93. The molecule has 0 saturated heterocycles. The smallest absolute Gasteiger partial charge is 0.335 e. The Hall–Kier alpha value is -2.22. The average Bonchev–Trinajstić information content (AvgIpc) is 2.85. The number of aromatic carboxylic acids is 1. The number of benzene rings is 1. The second-order valence-electron chi connectivity index (χ2n) is 4.54. The average molecular weight is 309 g/mol. The number of carboxylic acids is 1. The molecule has 0 aliphatic heterocycles. The lowest BCUT2D eigenvalue weighted by atomic mass is 10.1. The summed E-state index contributed by atoms with van der Waals surface area (Å²) in [6.45, 7) is 3.98. The molecule has 0 amide bonds. The van der Waals surface area contributed by atoms with Gasteiger partial charge in [-0.15, -0.1) is 0 Å². The van der Waals surface area contributed by atoms with E-state index in [9.17, 15) is 13.2 Å². The molecule has 2 rings (SSSR count). The lowest BCUT2D eigenvalue weighted by Crippen LogP contribution is -2.13. The maximum atomic E-state index is 12.5. The van der Waals surface area contributed by atoms with Crippen LogP contribution in [-0.2, 0) is 22.1 Å². The Kier molecular flexibility index (Phi) is 4.08. The quantitative estimate of drug-likeness (QED) is 0.892. The van der Waals surface area contributed by atoms with Crippen LogP contribution < -0.4 is 0 Å². The van der Waals surface area contributed by atoms with Crippen molar-refractivity contribution in [3.63, 3.8) is 0 Å². The summed E-state index contributed by atoms with van der Waals surface area (Å²) in [4.78, 5) is 14.9. The zero-order chi connectivity index (χ0) is 15.6. The first-order valence-electron chi connectivity index (χ1n) is 6.28. The summed E-state index contributed by atoms with van der Waals surface area (Å²) in [5.41, 5.74) is 0.443. The molecule has 2 aromatic rings. The molecule has 7 nitrogen and oxygen atoms in total. The number of aryl methyl sites for hydroxylation is 2. The van der Waals surface area contributed by atoms with E-state index in [2.05, 4.69) is 10.1 Å². The lowest BCUT2D eigenvalue weighted by Gasteiger charge is -2.09. The van der Waals surface area contributed by atoms with Gasteiger partial charge in [-0.25, -0.2) is 22.9 Å². The largest absolute Gasteiger partial charge is 0.478 e. The van der Waals surface area contributed by atoms with Crippen molar-refractivity contribution in [2.24, 2.45) is 0 Å². The maximum absolute atomic E-state index is 12.5. The molecule has 21 heavy (non-hydrogen) atoms. The minimum absolute atomic E-state index is 0.00746. The van der Waals surface area contributed by atoms with Gasteiger partial charge in [0.2, 0.25) is 0 Å². The van der Waals surface area contributed by atoms with Crippen LogP contribution in [0.4, 0.5) is 0 Å². The van der Waals surface area contributed by atoms with Crippen molar-refractivity contribution in [1.82, 2.24) is 14.8 Å². The Morgan fingerprint density at radius 2 is 2.10 bits per heavy atom. The third-order valence-electron chi connectivity index (χ3n) is 3.08. The van der Waals surface area contributed by atoms with Gasteiger partial charge in [-0.2, -0.15) is 5.10 Å². The number of carbonyl (C=O) groups is 1. The normalized spacial score (nSPS) is 11.5. The Labute approximate surface area is 122 Å². The Balaban J connectivity index is 2.44. The van der Waals surface area contributed by atoms with Crippen LogP contribution in [0.15, 0.2) is 29.4 Å². The van der Waals surface area contributed by atoms with Crippen LogP contribution >= 0.6 is 0 Å². The summed E-state index contributed by atoms with van der Waals surface area (Å²) < 4.78 is 26.5. The van der Waals surface area contributed by atoms with Crippen LogP contribution in [0.3, 0.4) is 0 Å². The topological polar surface area (TPSA) is 102 Å². The molecule has 0 spiro atoms. The Bertz CT molecular complexity index is 780. The molecule has 0 bridgehead atoms. The third kappa shape index (κ3) is 3.10. The van der Waals surface area contributed by atoms with Crippen molar-refractivity contribution in [3.05, 3.63) is 41.5 Å². The van der Waals surface area contributed by atoms with E-state index in [0.717, 1.165) is 0 Å². The molecule has 112 valence electrons. The zero-order valence-corrected chi connectivity index (χ0v) is 12.5. The maximum Gasteiger partial charge on any atom is 0.335 e. The van der Waals surface area contributed by atoms with E-state index >= 15 is 0 Å². The van der Waals surface area contributed by atoms with Gasteiger partial charge in [-0.05, 0) is 31.5 Å². The predicted octanol–water partition coefficient (Wildman–Crippen LogP) is 1.28. The van der Waals surface area contributed by atoms with Gasteiger partial charge in [0.15, 0.2) is 9.84 Å². The van der Waals surface area contributed by atoms with Crippen LogP contribution in [0, 0.1) is 6.92 Å². The SMILES string of the molecule is CCn1ncnc1CS(=O)(=O)c1cc(C(=O)O)ccc1C. The number of nitrogens with zero attached hydrogens (tertiary/aromatic N) is 3. The zero-order valence-electron chi connectivity index (χ0n) is 11.6. The van der Waals surface area contributed by atoms with Crippen molar-refractivity contribution < 1.29 is 18.3 Å². The molecule has 0 aliphatic carbocycles. The van der Waals surface area contributed by atoms with Gasteiger partial charge in [0.1, 0.15) is 17.9 Å². The number of aromatic nitrogens is 3. The number of rotatable bonds is 5. The van der Waals surface area contributed by atoms with Gasteiger partial charge in [0.25, 0.3) is 0 Å². The lowest BCUT2D eigenvalue weighted by molar-refractivity contribution is 0.0696. The molecule has 1 aromatic carbocycles. The van der Waals surface area contributed by atoms with Crippen molar-refractivity contribution in [3.8, 4) is 0 Å². The minimum Gasteiger partial charge on any atom is -0.478 e. The molecule has 1 heterocycles. The first kappa shape index (κ1) is 15.2. The molecule has 0 fully saturated rings. The summed E-state index contributed by atoms with van der Waals surface area (Å²) in [7, 11) is -3.69. The van der Waals surface area contributed by atoms with Gasteiger partial charge in [-0.3, -0.25) is 0 Å². The van der Waals surface area contributed by atoms with Gasteiger partial charge >= 0.3 is 5.97 Å². The predicted molar refractivity (Wildman–Crippen MR) is 74.7 cm³/mol. The Morgan fingerprint density at radius 1 is 1.38 bits per heavy atom. The van der Waals surface area contributed by atoms with E-state index in [-0.39, 0.29) is 16.2 Å². The fraction of sp³-hybridized carbons (Fsp3) is 0.308. The number of hydrogen-bond donors (Lipinski definition) is 1. The van der Waals surface area contributed by atoms with Crippen molar-refractivity contribution in [2.45, 2.75) is 31.0 Å². The van der Waals surface area contributed by atoms with Gasteiger partial charge in [0, 0.05) is 6.54 Å². The molecule has 0 radical (unpaired) electrons. The van der Waals surface area contributed by atoms with Crippen molar-refractivity contribution >= 4 is 15.8 Å². The van der Waals surface area contributed by atoms with Crippen molar-refractivity contribution in [1.29, 1.82) is 0 Å². The summed E-state index contributed by atoms with van der Waals surface area (Å²) in [5, 5.41) is 12.9. The summed E-state index contributed by atoms with van der Waals surface area (Å²) in [5.74, 6) is -1.15. The molecule has 8 heteroatoms. The van der Waals surface area contributed by atoms with Crippen LogP contribution in [0.1, 0.15) is 28.7 Å². The summed E-state index contributed by atoms with van der Waals surface area (Å²) in [6, 6.07) is 4.05. The fourth-order valence-corrected chi connectivity index (χ4v) is 3.56. The molecular formula is C13H15N3O4S. The first-order chi connectivity index (χ1) is 9.85. The standard InChI is InChI=1S/C13H15N3O4S/c1-3-16-12(14-8-15-16)7-21(19,20)11-6-10(13(17)18)5-4-9(11)2/h4-6,8H,3,7H2,1-2H3,(H,17,18). The highest BCUT2D eigenvalue weighted by Crippen LogP contribution is 2.21. The highest BCUT2D eigenvalue weighted by atomic mass is 32.2. The van der Waals surface area contributed by atoms with E-state index in [4.69, 9.17) is 5.11 Å². The van der Waals surface area contributed by atoms with E-state index in [1.54, 1.807) is 6.92 Å². The van der Waals surface area contributed by atoms with Crippen LogP contribution in [-0.4, -0.2) is 34.3 Å². The molecule has 0 aliphatic rings. The second-order valence-corrected chi connectivity index (χ2v) is 6.49. The minimum atomic E-state index is -3.69. The van der Waals surface area contributed by atoms with Crippen LogP contribution in [0.25, 0.3) is 0 Å². The molecule has 0 atom stereocenters. The Morgan fingerprint density at radius 3 is 2.71 bits per heavy atom. The van der Waals surface area contributed by atoms with E-state index in [1.807, 2.05) is 6.92 Å². The van der Waals surface area contributed by atoms with Gasteiger partial charge in [-0.1, -0.05) is 6.07 Å². The number of sulfone groups is 1. The molecule has 1 aromatic heterocycles. The highest BCUT2D eigenvalue weighted by molar-refractivity contribution is 7.90. The van der Waals surface area contributed by atoms with Crippen molar-refractivity contribution in [2.75, 3.05) is 0 Å². The molecule has 1 N–H and O–H groups in total. The number of carboxylic acid groups (broad SMARTS) is 1. The van der Waals surface area contributed by atoms with Gasteiger partial charge in [0.05, 0.1) is 10.5 Å². The van der Waals surface area contributed by atoms with E-state index in [1.165, 1.54) is 29.2 Å². The second kappa shape index (κ2) is 5.65. The van der Waals surface area contributed by atoms with E-state index < -0.39 is 15.8 Å². The van der Waals surface area contributed by atoms with E-state index in [0.29, 0.717) is 17.9 Å².